The van der Waals surface area contributed by atoms with Crippen molar-refractivity contribution in [3.63, 3.8) is 0 Å². The Kier molecular flexibility index (Phi) is 10.6. The van der Waals surface area contributed by atoms with Crippen LogP contribution in [0.15, 0.2) is 0 Å². The maximum Gasteiger partial charge on any atom is -0.00215 e. The van der Waals surface area contributed by atoms with Crippen LogP contribution in [0.4, 0.5) is 0 Å². The van der Waals surface area contributed by atoms with Gasteiger partial charge in [-0.05, 0) is 45.2 Å². The van der Waals surface area contributed by atoms with E-state index in [1.54, 1.807) is 0 Å². The SMILES string of the molecule is CCCCCCN(C)CCCCS. The highest BCUT2D eigenvalue weighted by molar-refractivity contribution is 7.80. The molecule has 0 aromatic heterocycles. The molecular weight excluding hydrogens is 178 g/mol. The first-order chi connectivity index (χ1) is 6.31. The van der Waals surface area contributed by atoms with Crippen LogP contribution in [0.2, 0.25) is 0 Å². The molecule has 0 aromatic carbocycles. The lowest BCUT2D eigenvalue weighted by Gasteiger charge is -2.15. The first-order valence-electron chi connectivity index (χ1n) is 5.60. The summed E-state index contributed by atoms with van der Waals surface area (Å²) < 4.78 is 0. The average molecular weight is 203 g/mol. The highest BCUT2D eigenvalue weighted by Gasteiger charge is 1.96. The summed E-state index contributed by atoms with van der Waals surface area (Å²) in [7, 11) is 2.23. The van der Waals surface area contributed by atoms with Crippen molar-refractivity contribution in [2.45, 2.75) is 45.4 Å². The highest BCUT2D eigenvalue weighted by Crippen LogP contribution is 2.01. The summed E-state index contributed by atoms with van der Waals surface area (Å²) in [5, 5.41) is 0. The molecule has 0 radical (unpaired) electrons. The summed E-state index contributed by atoms with van der Waals surface area (Å²) in [6, 6.07) is 0. The number of unbranched alkanes of at least 4 members (excludes halogenated alkanes) is 4. The zero-order chi connectivity index (χ0) is 9.94. The lowest BCUT2D eigenvalue weighted by atomic mass is 10.2. The molecule has 0 aromatic rings. The number of thiol groups is 1. The van der Waals surface area contributed by atoms with Crippen molar-refractivity contribution < 1.29 is 0 Å². The van der Waals surface area contributed by atoms with E-state index < -0.39 is 0 Å². The smallest absolute Gasteiger partial charge is 0.00215 e. The van der Waals surface area contributed by atoms with E-state index in [4.69, 9.17) is 0 Å². The fourth-order valence-electron chi connectivity index (χ4n) is 1.41. The Labute approximate surface area is 89.3 Å². The second-order valence-corrected chi connectivity index (χ2v) is 4.24. The molecule has 0 atom stereocenters. The Morgan fingerprint density at radius 1 is 0.923 bits per heavy atom. The van der Waals surface area contributed by atoms with E-state index in [-0.39, 0.29) is 0 Å². The second-order valence-electron chi connectivity index (χ2n) is 3.79. The lowest BCUT2D eigenvalue weighted by molar-refractivity contribution is 0.319. The van der Waals surface area contributed by atoms with Crippen molar-refractivity contribution in [1.29, 1.82) is 0 Å². The number of nitrogens with zero attached hydrogens (tertiary/aromatic N) is 1. The monoisotopic (exact) mass is 203 g/mol. The van der Waals surface area contributed by atoms with Crippen LogP contribution in [-0.4, -0.2) is 30.8 Å². The van der Waals surface area contributed by atoms with Crippen molar-refractivity contribution in [3.8, 4) is 0 Å². The summed E-state index contributed by atoms with van der Waals surface area (Å²) >= 11 is 4.20. The van der Waals surface area contributed by atoms with Crippen molar-refractivity contribution in [2.24, 2.45) is 0 Å². The van der Waals surface area contributed by atoms with Gasteiger partial charge in [0.05, 0.1) is 0 Å². The van der Waals surface area contributed by atoms with Crippen LogP contribution < -0.4 is 0 Å². The predicted octanol–water partition coefficient (Wildman–Crippen LogP) is 3.21. The van der Waals surface area contributed by atoms with E-state index >= 15 is 0 Å². The van der Waals surface area contributed by atoms with Gasteiger partial charge in [0, 0.05) is 0 Å². The maximum absolute atomic E-state index is 4.20. The molecule has 0 saturated carbocycles. The van der Waals surface area contributed by atoms with E-state index in [1.165, 1.54) is 51.6 Å². The van der Waals surface area contributed by atoms with Crippen LogP contribution in [0.25, 0.3) is 0 Å². The fraction of sp³-hybridized carbons (Fsp3) is 1.00. The molecule has 0 saturated heterocycles. The van der Waals surface area contributed by atoms with Gasteiger partial charge in [-0.3, -0.25) is 0 Å². The first kappa shape index (κ1) is 13.3. The van der Waals surface area contributed by atoms with Gasteiger partial charge in [0.15, 0.2) is 0 Å². The van der Waals surface area contributed by atoms with Crippen LogP contribution in [-0.2, 0) is 0 Å². The molecule has 80 valence electrons. The highest BCUT2D eigenvalue weighted by atomic mass is 32.1. The quantitative estimate of drug-likeness (QED) is 0.445. The normalized spacial score (nSPS) is 11.1. The third-order valence-electron chi connectivity index (χ3n) is 2.34. The number of hydrogen-bond donors (Lipinski definition) is 1. The molecule has 0 rings (SSSR count). The minimum atomic E-state index is 1.03. The van der Waals surface area contributed by atoms with E-state index in [0.717, 1.165) is 5.75 Å². The molecule has 13 heavy (non-hydrogen) atoms. The molecule has 0 spiro atoms. The molecular formula is C11H25NS. The maximum atomic E-state index is 4.20. The molecule has 0 aliphatic rings. The summed E-state index contributed by atoms with van der Waals surface area (Å²) in [5.41, 5.74) is 0. The van der Waals surface area contributed by atoms with Gasteiger partial charge in [-0.2, -0.15) is 12.6 Å². The fourth-order valence-corrected chi connectivity index (χ4v) is 1.64. The summed E-state index contributed by atoms with van der Waals surface area (Å²) in [6.07, 6.45) is 8.04. The van der Waals surface area contributed by atoms with Crippen molar-refractivity contribution in [1.82, 2.24) is 4.90 Å². The van der Waals surface area contributed by atoms with Crippen LogP contribution in [0.1, 0.15) is 45.4 Å². The minimum absolute atomic E-state index is 1.03. The minimum Gasteiger partial charge on any atom is -0.306 e. The van der Waals surface area contributed by atoms with Gasteiger partial charge in [0.2, 0.25) is 0 Å². The van der Waals surface area contributed by atoms with Gasteiger partial charge < -0.3 is 4.90 Å². The van der Waals surface area contributed by atoms with E-state index in [1.807, 2.05) is 0 Å². The van der Waals surface area contributed by atoms with Gasteiger partial charge in [0.1, 0.15) is 0 Å². The first-order valence-corrected chi connectivity index (χ1v) is 6.24. The molecule has 0 unspecified atom stereocenters. The number of hydrogen-bond acceptors (Lipinski definition) is 2. The topological polar surface area (TPSA) is 3.24 Å². The Bertz CT molecular complexity index is 96.1. The van der Waals surface area contributed by atoms with Gasteiger partial charge in [-0.25, -0.2) is 0 Å². The van der Waals surface area contributed by atoms with Gasteiger partial charge in [-0.1, -0.05) is 26.2 Å². The van der Waals surface area contributed by atoms with Crippen LogP contribution in [0.3, 0.4) is 0 Å². The molecule has 2 heteroatoms. The Morgan fingerprint density at radius 2 is 1.54 bits per heavy atom. The van der Waals surface area contributed by atoms with Crippen LogP contribution >= 0.6 is 12.6 Å². The molecule has 1 nitrogen and oxygen atoms in total. The van der Waals surface area contributed by atoms with E-state index in [9.17, 15) is 0 Å². The van der Waals surface area contributed by atoms with Gasteiger partial charge >= 0.3 is 0 Å². The largest absolute Gasteiger partial charge is 0.306 e. The Hall–Kier alpha value is 0.310. The summed E-state index contributed by atoms with van der Waals surface area (Å²) in [6.45, 7) is 4.77. The molecule has 0 N–H and O–H groups in total. The molecule has 0 bridgehead atoms. The summed E-state index contributed by atoms with van der Waals surface area (Å²) in [4.78, 5) is 2.44. The zero-order valence-electron chi connectivity index (χ0n) is 9.26. The van der Waals surface area contributed by atoms with Gasteiger partial charge in [0.25, 0.3) is 0 Å². The predicted molar refractivity (Wildman–Crippen MR) is 64.7 cm³/mol. The van der Waals surface area contributed by atoms with E-state index in [0.29, 0.717) is 0 Å². The van der Waals surface area contributed by atoms with Crippen molar-refractivity contribution in [3.05, 3.63) is 0 Å². The lowest BCUT2D eigenvalue weighted by Crippen LogP contribution is -2.20. The zero-order valence-corrected chi connectivity index (χ0v) is 10.2. The molecule has 0 aliphatic carbocycles. The van der Waals surface area contributed by atoms with Crippen molar-refractivity contribution in [2.75, 3.05) is 25.9 Å². The second kappa shape index (κ2) is 10.4. The third-order valence-corrected chi connectivity index (χ3v) is 2.66. The molecule has 0 amide bonds. The van der Waals surface area contributed by atoms with E-state index in [2.05, 4.69) is 31.5 Å². The molecule has 0 aliphatic heterocycles. The molecule has 0 fully saturated rings. The average Bonchev–Trinajstić information content (AvgIpc) is 2.13. The Balaban J connectivity index is 3.05. The molecule has 0 heterocycles. The third kappa shape index (κ3) is 10.2. The van der Waals surface area contributed by atoms with Crippen molar-refractivity contribution >= 4 is 12.6 Å². The van der Waals surface area contributed by atoms with Crippen LogP contribution in [0, 0.1) is 0 Å². The van der Waals surface area contributed by atoms with Crippen LogP contribution in [0.5, 0.6) is 0 Å². The Morgan fingerprint density at radius 3 is 2.08 bits per heavy atom. The van der Waals surface area contributed by atoms with Gasteiger partial charge in [-0.15, -0.1) is 0 Å². The number of rotatable bonds is 9. The standard InChI is InChI=1S/C11H25NS/c1-3-4-5-6-9-12(2)10-7-8-11-13/h13H,3-11H2,1-2H3. The summed E-state index contributed by atoms with van der Waals surface area (Å²) in [5.74, 6) is 1.03.